The molecule has 1 fully saturated rings. The van der Waals surface area contributed by atoms with Gasteiger partial charge in [0, 0.05) is 50.9 Å². The zero-order valence-electron chi connectivity index (χ0n) is 10.6. The molecule has 1 amide bonds. The first-order valence-corrected chi connectivity index (χ1v) is 6.32. The van der Waals surface area contributed by atoms with E-state index < -0.39 is 17.5 Å². The van der Waals surface area contributed by atoms with Gasteiger partial charge in [-0.15, -0.1) is 0 Å². The number of benzene rings is 1. The monoisotopic (exact) mass is 269 g/mol. The van der Waals surface area contributed by atoms with Crippen LogP contribution in [0.2, 0.25) is 0 Å². The summed E-state index contributed by atoms with van der Waals surface area (Å²) in [7, 11) is 0. The topological polar surface area (TPSA) is 44.4 Å². The summed E-state index contributed by atoms with van der Waals surface area (Å²) in [5.41, 5.74) is 0.0119. The van der Waals surface area contributed by atoms with Gasteiger partial charge < -0.3 is 10.6 Å². The van der Waals surface area contributed by atoms with Crippen molar-refractivity contribution in [1.29, 1.82) is 0 Å². The van der Waals surface area contributed by atoms with Gasteiger partial charge in [-0.1, -0.05) is 0 Å². The molecule has 0 atom stereocenters. The molecule has 2 N–H and O–H groups in total. The Balaban J connectivity index is 1.80. The highest BCUT2D eigenvalue weighted by molar-refractivity contribution is 5.94. The number of nitrogens with zero attached hydrogens (tertiary/aromatic N) is 1. The molecule has 104 valence electrons. The third-order valence-corrected chi connectivity index (χ3v) is 3.05. The number of nitrogens with one attached hydrogen (secondary N) is 2. The molecule has 1 aliphatic rings. The molecule has 0 saturated carbocycles. The number of halogens is 2. The fourth-order valence-electron chi connectivity index (χ4n) is 2.05. The molecule has 1 heterocycles. The molecular formula is C13H17F2N3O. The summed E-state index contributed by atoms with van der Waals surface area (Å²) in [6.45, 7) is 5.00. The van der Waals surface area contributed by atoms with Crippen LogP contribution in [-0.2, 0) is 0 Å². The number of piperazine rings is 1. The smallest absolute Gasteiger partial charge is 0.251 e. The van der Waals surface area contributed by atoms with Crippen LogP contribution in [-0.4, -0.2) is 50.1 Å². The van der Waals surface area contributed by atoms with Gasteiger partial charge in [-0.25, -0.2) is 8.78 Å². The summed E-state index contributed by atoms with van der Waals surface area (Å²) in [4.78, 5) is 13.9. The number of amides is 1. The summed E-state index contributed by atoms with van der Waals surface area (Å²) in [6.07, 6.45) is 0. The van der Waals surface area contributed by atoms with Crippen LogP contribution >= 0.6 is 0 Å². The lowest BCUT2D eigenvalue weighted by molar-refractivity contribution is 0.0946. The Morgan fingerprint density at radius 1 is 1.21 bits per heavy atom. The Kier molecular flexibility index (Phi) is 4.81. The molecule has 0 aromatic heterocycles. The number of rotatable bonds is 4. The van der Waals surface area contributed by atoms with Crippen molar-refractivity contribution in [2.24, 2.45) is 0 Å². The van der Waals surface area contributed by atoms with E-state index in [4.69, 9.17) is 0 Å². The van der Waals surface area contributed by atoms with Crippen LogP contribution in [0.3, 0.4) is 0 Å². The van der Waals surface area contributed by atoms with E-state index in [0.29, 0.717) is 6.54 Å². The lowest BCUT2D eigenvalue weighted by Crippen LogP contribution is -2.46. The average Bonchev–Trinajstić information content (AvgIpc) is 2.38. The largest absolute Gasteiger partial charge is 0.351 e. The van der Waals surface area contributed by atoms with Crippen molar-refractivity contribution in [2.75, 3.05) is 39.3 Å². The zero-order chi connectivity index (χ0) is 13.7. The Morgan fingerprint density at radius 3 is 2.47 bits per heavy atom. The maximum Gasteiger partial charge on any atom is 0.251 e. The average molecular weight is 269 g/mol. The second kappa shape index (κ2) is 6.58. The molecular weight excluding hydrogens is 252 g/mol. The SMILES string of the molecule is O=C(NCCN1CCNCC1)c1cc(F)cc(F)c1. The van der Waals surface area contributed by atoms with Crippen LogP contribution in [0.1, 0.15) is 10.4 Å². The number of carbonyl (C=O) groups excluding carboxylic acids is 1. The van der Waals surface area contributed by atoms with Gasteiger partial charge in [-0.2, -0.15) is 0 Å². The summed E-state index contributed by atoms with van der Waals surface area (Å²) in [5.74, 6) is -1.94. The first-order valence-electron chi connectivity index (χ1n) is 6.32. The van der Waals surface area contributed by atoms with Gasteiger partial charge in [-0.3, -0.25) is 9.69 Å². The molecule has 1 aliphatic heterocycles. The molecule has 0 bridgehead atoms. The molecule has 19 heavy (non-hydrogen) atoms. The van der Waals surface area contributed by atoms with Crippen LogP contribution in [0.4, 0.5) is 8.78 Å². The van der Waals surface area contributed by atoms with E-state index >= 15 is 0 Å². The minimum absolute atomic E-state index is 0.0119. The van der Waals surface area contributed by atoms with E-state index in [0.717, 1.165) is 50.9 Å². The Bertz CT molecular complexity index is 427. The van der Waals surface area contributed by atoms with Crippen molar-refractivity contribution in [2.45, 2.75) is 0 Å². The van der Waals surface area contributed by atoms with Crippen molar-refractivity contribution < 1.29 is 13.6 Å². The maximum atomic E-state index is 13.0. The molecule has 0 radical (unpaired) electrons. The second-order valence-electron chi connectivity index (χ2n) is 4.51. The molecule has 2 rings (SSSR count). The quantitative estimate of drug-likeness (QED) is 0.841. The highest BCUT2D eigenvalue weighted by atomic mass is 19.1. The maximum absolute atomic E-state index is 13.0. The summed E-state index contributed by atoms with van der Waals surface area (Å²) in [5, 5.41) is 5.91. The molecule has 1 aromatic rings. The van der Waals surface area contributed by atoms with E-state index in [2.05, 4.69) is 15.5 Å². The van der Waals surface area contributed by atoms with Gasteiger partial charge in [0.05, 0.1) is 0 Å². The van der Waals surface area contributed by atoms with Crippen LogP contribution in [0.15, 0.2) is 18.2 Å². The Hall–Kier alpha value is -1.53. The molecule has 6 heteroatoms. The molecule has 1 saturated heterocycles. The van der Waals surface area contributed by atoms with E-state index in [1.54, 1.807) is 0 Å². The minimum Gasteiger partial charge on any atom is -0.351 e. The fraction of sp³-hybridized carbons (Fsp3) is 0.462. The molecule has 0 unspecified atom stereocenters. The minimum atomic E-state index is -0.743. The normalized spacial score (nSPS) is 16.3. The van der Waals surface area contributed by atoms with E-state index in [9.17, 15) is 13.6 Å². The third kappa shape index (κ3) is 4.25. The predicted octanol–water partition coefficient (Wildman–Crippen LogP) is 0.600. The van der Waals surface area contributed by atoms with Crippen molar-refractivity contribution in [3.05, 3.63) is 35.4 Å². The van der Waals surface area contributed by atoms with Crippen molar-refractivity contribution >= 4 is 5.91 Å². The summed E-state index contributed by atoms with van der Waals surface area (Å²) >= 11 is 0. The molecule has 1 aromatic carbocycles. The van der Waals surface area contributed by atoms with Crippen LogP contribution in [0.5, 0.6) is 0 Å². The highest BCUT2D eigenvalue weighted by Gasteiger charge is 2.11. The van der Waals surface area contributed by atoms with Gasteiger partial charge in [-0.05, 0) is 12.1 Å². The fourth-order valence-corrected chi connectivity index (χ4v) is 2.05. The van der Waals surface area contributed by atoms with Crippen LogP contribution < -0.4 is 10.6 Å². The van der Waals surface area contributed by atoms with Gasteiger partial charge in [0.25, 0.3) is 5.91 Å². The first-order chi connectivity index (χ1) is 9.15. The molecule has 0 aliphatic carbocycles. The van der Waals surface area contributed by atoms with Crippen molar-refractivity contribution in [3.63, 3.8) is 0 Å². The molecule has 0 spiro atoms. The standard InChI is InChI=1S/C13H17F2N3O/c14-11-7-10(8-12(15)9-11)13(19)17-3-6-18-4-1-16-2-5-18/h7-9,16H,1-6H2,(H,17,19). The van der Waals surface area contributed by atoms with E-state index in [1.807, 2.05) is 0 Å². The van der Waals surface area contributed by atoms with Gasteiger partial charge in [0.1, 0.15) is 11.6 Å². The van der Waals surface area contributed by atoms with Crippen LogP contribution in [0, 0.1) is 11.6 Å². The van der Waals surface area contributed by atoms with Gasteiger partial charge in [0.2, 0.25) is 0 Å². The van der Waals surface area contributed by atoms with E-state index in [1.165, 1.54) is 0 Å². The predicted molar refractivity (Wildman–Crippen MR) is 68.0 cm³/mol. The van der Waals surface area contributed by atoms with E-state index in [-0.39, 0.29) is 5.56 Å². The number of hydrogen-bond donors (Lipinski definition) is 2. The van der Waals surface area contributed by atoms with Crippen LogP contribution in [0.25, 0.3) is 0 Å². The van der Waals surface area contributed by atoms with Gasteiger partial charge >= 0.3 is 0 Å². The number of hydrogen-bond acceptors (Lipinski definition) is 3. The molecule has 4 nitrogen and oxygen atoms in total. The second-order valence-corrected chi connectivity index (χ2v) is 4.51. The first kappa shape index (κ1) is 13.9. The Labute approximate surface area is 110 Å². The summed E-state index contributed by atoms with van der Waals surface area (Å²) < 4.78 is 25.9. The van der Waals surface area contributed by atoms with Crippen molar-refractivity contribution in [3.8, 4) is 0 Å². The zero-order valence-corrected chi connectivity index (χ0v) is 10.6. The lowest BCUT2D eigenvalue weighted by atomic mass is 10.2. The third-order valence-electron chi connectivity index (χ3n) is 3.05. The van der Waals surface area contributed by atoms with Crippen molar-refractivity contribution in [1.82, 2.24) is 15.5 Å². The Morgan fingerprint density at radius 2 is 1.84 bits per heavy atom. The highest BCUT2D eigenvalue weighted by Crippen LogP contribution is 2.07. The number of carbonyl (C=O) groups is 1. The lowest BCUT2D eigenvalue weighted by Gasteiger charge is -2.27. The van der Waals surface area contributed by atoms with Gasteiger partial charge in [0.15, 0.2) is 0 Å². The summed E-state index contributed by atoms with van der Waals surface area (Å²) in [6, 6.07) is 2.81.